The first-order valence-corrected chi connectivity index (χ1v) is 11.3. The second kappa shape index (κ2) is 9.26. The van der Waals surface area contributed by atoms with Gasteiger partial charge in [0.05, 0.1) is 22.5 Å². The summed E-state index contributed by atoms with van der Waals surface area (Å²) in [6, 6.07) is 11.7. The molecule has 32 heavy (non-hydrogen) atoms. The third-order valence-electron chi connectivity index (χ3n) is 5.00. The van der Waals surface area contributed by atoms with Crippen molar-refractivity contribution in [1.82, 2.24) is 14.8 Å². The van der Waals surface area contributed by atoms with Crippen LogP contribution in [0.15, 0.2) is 42.5 Å². The molecule has 0 bridgehead atoms. The first-order chi connectivity index (χ1) is 15.3. The number of amides is 1. The van der Waals surface area contributed by atoms with Gasteiger partial charge < -0.3 is 4.74 Å². The maximum absolute atomic E-state index is 13.9. The Hall–Kier alpha value is -2.97. The van der Waals surface area contributed by atoms with E-state index in [1.807, 2.05) is 43.7 Å². The van der Waals surface area contributed by atoms with Crippen molar-refractivity contribution in [3.8, 4) is 5.75 Å². The van der Waals surface area contributed by atoms with E-state index < -0.39 is 5.82 Å². The lowest BCUT2D eigenvalue weighted by molar-refractivity contribution is -0.120. The van der Waals surface area contributed by atoms with E-state index in [0.29, 0.717) is 23.2 Å². The van der Waals surface area contributed by atoms with Gasteiger partial charge in [-0.3, -0.25) is 14.4 Å². The largest absolute Gasteiger partial charge is 0.481 e. The van der Waals surface area contributed by atoms with Crippen LogP contribution in [-0.2, 0) is 11.3 Å². The fourth-order valence-electron chi connectivity index (χ4n) is 3.46. The van der Waals surface area contributed by atoms with Crippen LogP contribution in [0.4, 0.5) is 9.52 Å². The Bertz CT molecular complexity index is 1290. The van der Waals surface area contributed by atoms with Crippen molar-refractivity contribution in [3.63, 3.8) is 0 Å². The number of ether oxygens (including phenoxy) is 1. The smallest absolute Gasteiger partial charge is 0.266 e. The zero-order valence-corrected chi connectivity index (χ0v) is 19.5. The molecule has 0 atom stereocenters. The van der Waals surface area contributed by atoms with Crippen LogP contribution in [0.1, 0.15) is 17.0 Å². The van der Waals surface area contributed by atoms with Gasteiger partial charge in [-0.25, -0.2) is 9.37 Å². The van der Waals surface area contributed by atoms with E-state index in [1.165, 1.54) is 23.5 Å². The van der Waals surface area contributed by atoms with E-state index in [9.17, 15) is 9.18 Å². The highest BCUT2D eigenvalue weighted by Crippen LogP contribution is 2.33. The average molecular weight is 473 g/mol. The maximum atomic E-state index is 13.9. The molecule has 0 saturated heterocycles. The number of aromatic nitrogens is 3. The lowest BCUT2D eigenvalue weighted by atomic mass is 10.2. The Morgan fingerprint density at radius 1 is 1.22 bits per heavy atom. The van der Waals surface area contributed by atoms with Crippen molar-refractivity contribution in [2.24, 2.45) is 0 Å². The molecule has 2 aromatic carbocycles. The number of nitrogens with zero attached hydrogens (tertiary/aromatic N) is 4. The van der Waals surface area contributed by atoms with Crippen LogP contribution in [0.2, 0.25) is 5.02 Å². The molecule has 0 aliphatic heterocycles. The van der Waals surface area contributed by atoms with Gasteiger partial charge in [-0.05, 0) is 56.7 Å². The van der Waals surface area contributed by atoms with Crippen LogP contribution in [0.25, 0.3) is 10.2 Å². The predicted octanol–water partition coefficient (Wildman–Crippen LogP) is 5.32. The molecule has 0 spiro atoms. The molecule has 0 fully saturated rings. The van der Waals surface area contributed by atoms with Crippen LogP contribution >= 0.6 is 22.9 Å². The van der Waals surface area contributed by atoms with Crippen LogP contribution in [0.5, 0.6) is 5.75 Å². The van der Waals surface area contributed by atoms with Gasteiger partial charge in [0.25, 0.3) is 5.91 Å². The molecular weight excluding hydrogens is 451 g/mol. The Kier molecular flexibility index (Phi) is 6.43. The lowest BCUT2D eigenvalue weighted by Gasteiger charge is -2.20. The van der Waals surface area contributed by atoms with Gasteiger partial charge in [-0.1, -0.05) is 35.1 Å². The third-order valence-corrected chi connectivity index (χ3v) is 6.24. The molecule has 0 saturated carbocycles. The summed E-state index contributed by atoms with van der Waals surface area (Å²) < 4.78 is 22.1. The minimum absolute atomic E-state index is 0.0336. The van der Waals surface area contributed by atoms with E-state index >= 15 is 0 Å². The highest BCUT2D eigenvalue weighted by atomic mass is 35.5. The second-order valence-corrected chi connectivity index (χ2v) is 8.93. The number of halogens is 2. The average Bonchev–Trinajstić information content (AvgIpc) is 3.30. The molecule has 0 N–H and O–H groups in total. The van der Waals surface area contributed by atoms with Crippen molar-refractivity contribution >= 4 is 44.2 Å². The minimum Gasteiger partial charge on any atom is -0.481 e. The summed E-state index contributed by atoms with van der Waals surface area (Å²) in [7, 11) is 0. The number of anilines is 1. The summed E-state index contributed by atoms with van der Waals surface area (Å²) in [4.78, 5) is 19.4. The van der Waals surface area contributed by atoms with Crippen molar-refractivity contribution in [2.75, 3.05) is 18.1 Å². The Balaban J connectivity index is 1.61. The minimum atomic E-state index is -0.514. The van der Waals surface area contributed by atoms with E-state index in [2.05, 4.69) is 5.10 Å². The summed E-state index contributed by atoms with van der Waals surface area (Å²) in [5.41, 5.74) is 3.65. The van der Waals surface area contributed by atoms with Crippen molar-refractivity contribution < 1.29 is 13.9 Å². The number of carbonyl (C=O) groups excluding carboxylic acids is 1. The van der Waals surface area contributed by atoms with E-state index in [1.54, 1.807) is 17.0 Å². The van der Waals surface area contributed by atoms with Crippen molar-refractivity contribution in [2.45, 2.75) is 27.3 Å². The fourth-order valence-corrected chi connectivity index (χ4v) is 4.92. The monoisotopic (exact) mass is 472 g/mol. The van der Waals surface area contributed by atoms with Crippen molar-refractivity contribution in [1.29, 1.82) is 0 Å². The number of hydrogen-bond acceptors (Lipinski definition) is 5. The molecule has 1 amide bonds. The quantitative estimate of drug-likeness (QED) is 0.365. The van der Waals surface area contributed by atoms with Crippen LogP contribution < -0.4 is 9.64 Å². The number of para-hydroxylation sites is 1. The number of fused-ring (bicyclic) bond motifs is 1. The molecule has 6 nitrogen and oxygen atoms in total. The lowest BCUT2D eigenvalue weighted by Crippen LogP contribution is -2.37. The number of rotatable bonds is 7. The summed E-state index contributed by atoms with van der Waals surface area (Å²) in [6.07, 6.45) is 0. The van der Waals surface area contributed by atoms with Gasteiger partial charge in [-0.15, -0.1) is 0 Å². The number of carbonyl (C=O) groups is 1. The van der Waals surface area contributed by atoms with Gasteiger partial charge in [0, 0.05) is 17.3 Å². The van der Waals surface area contributed by atoms with Gasteiger partial charge >= 0.3 is 0 Å². The highest BCUT2D eigenvalue weighted by molar-refractivity contribution is 7.22. The summed E-state index contributed by atoms with van der Waals surface area (Å²) in [5.74, 6) is -0.802. The normalized spacial score (nSPS) is 11.2. The fraction of sp³-hybridized carbons (Fsp3) is 0.261. The zero-order chi connectivity index (χ0) is 22.8. The SMILES string of the molecule is Cc1cc(C)n(CCN(C(=O)COc2ccccc2F)c2nc3c(C)cc(Cl)cc3s2)n1. The first kappa shape index (κ1) is 22.2. The van der Waals surface area contributed by atoms with E-state index in [-0.39, 0.29) is 18.3 Å². The number of aryl methyl sites for hydroxylation is 3. The summed E-state index contributed by atoms with van der Waals surface area (Å²) >= 11 is 7.58. The van der Waals surface area contributed by atoms with Crippen LogP contribution in [0, 0.1) is 26.6 Å². The highest BCUT2D eigenvalue weighted by Gasteiger charge is 2.22. The Morgan fingerprint density at radius 3 is 2.72 bits per heavy atom. The van der Waals surface area contributed by atoms with Crippen LogP contribution in [-0.4, -0.2) is 33.8 Å². The number of benzene rings is 2. The Morgan fingerprint density at radius 2 is 2.00 bits per heavy atom. The van der Waals surface area contributed by atoms with Gasteiger partial charge in [-0.2, -0.15) is 5.10 Å². The number of thiazole rings is 1. The summed E-state index contributed by atoms with van der Waals surface area (Å²) in [5, 5.41) is 5.63. The van der Waals surface area contributed by atoms with Crippen molar-refractivity contribution in [3.05, 3.63) is 70.3 Å². The topological polar surface area (TPSA) is 60.2 Å². The molecule has 4 rings (SSSR count). The molecule has 4 aromatic rings. The number of hydrogen-bond donors (Lipinski definition) is 0. The molecular formula is C23H22ClFN4O2S. The predicted molar refractivity (Wildman–Crippen MR) is 125 cm³/mol. The van der Waals surface area contributed by atoms with E-state index in [0.717, 1.165) is 27.2 Å². The zero-order valence-electron chi connectivity index (χ0n) is 17.9. The molecule has 0 unspecified atom stereocenters. The van der Waals surface area contributed by atoms with E-state index in [4.69, 9.17) is 21.3 Å². The third kappa shape index (κ3) is 4.76. The molecule has 2 heterocycles. The molecule has 166 valence electrons. The molecule has 0 radical (unpaired) electrons. The molecule has 2 aromatic heterocycles. The van der Waals surface area contributed by atoms with Gasteiger partial charge in [0.2, 0.25) is 0 Å². The van der Waals surface area contributed by atoms with Gasteiger partial charge in [0.1, 0.15) is 0 Å². The van der Waals surface area contributed by atoms with Crippen LogP contribution in [0.3, 0.4) is 0 Å². The standard InChI is InChI=1S/C23H22ClFN4O2S/c1-14-10-17(24)12-20-22(14)26-23(32-20)28(8-9-29-16(3)11-15(2)27-29)21(30)13-31-19-7-5-4-6-18(19)25/h4-7,10-12H,8-9,13H2,1-3H3. The molecule has 0 aliphatic carbocycles. The molecule has 9 heteroatoms. The van der Waals surface area contributed by atoms with Gasteiger partial charge in [0.15, 0.2) is 23.3 Å². The Labute approximate surface area is 194 Å². The molecule has 0 aliphatic rings. The maximum Gasteiger partial charge on any atom is 0.266 e. The second-order valence-electron chi connectivity index (χ2n) is 7.48. The summed E-state index contributed by atoms with van der Waals surface area (Å²) in [6.45, 7) is 6.34. The first-order valence-electron chi connectivity index (χ1n) is 10.1.